The lowest BCUT2D eigenvalue weighted by atomic mass is 10.1. The van der Waals surface area contributed by atoms with Gasteiger partial charge in [-0.2, -0.15) is 0 Å². The van der Waals surface area contributed by atoms with E-state index in [1.807, 2.05) is 19.9 Å². The Morgan fingerprint density at radius 1 is 1.65 bits per heavy atom. The fourth-order valence-electron chi connectivity index (χ4n) is 2.47. The Hall–Kier alpha value is -1.44. The SMILES string of the molecule is CCC1C(=O)NCCN1Cc1cc(C(=O)NN)sc1C. The largest absolute Gasteiger partial charge is 0.353 e. The van der Waals surface area contributed by atoms with Crippen LogP contribution >= 0.6 is 11.3 Å². The molecule has 110 valence electrons. The number of hydrogen-bond donors (Lipinski definition) is 3. The molecule has 0 bridgehead atoms. The molecule has 0 radical (unpaired) electrons. The molecular weight excluding hydrogens is 276 g/mol. The molecule has 0 spiro atoms. The van der Waals surface area contributed by atoms with Crippen LogP contribution in [0.1, 0.15) is 33.5 Å². The molecule has 2 rings (SSSR count). The molecule has 2 amide bonds. The second-order valence-electron chi connectivity index (χ2n) is 4.85. The molecular formula is C13H20N4O2S. The van der Waals surface area contributed by atoms with E-state index < -0.39 is 0 Å². The fourth-order valence-corrected chi connectivity index (χ4v) is 3.41. The summed E-state index contributed by atoms with van der Waals surface area (Å²) in [6, 6.07) is 1.77. The van der Waals surface area contributed by atoms with Crippen LogP contribution in [0.15, 0.2) is 6.07 Å². The van der Waals surface area contributed by atoms with E-state index in [2.05, 4.69) is 15.6 Å². The highest BCUT2D eigenvalue weighted by Gasteiger charge is 2.28. The molecule has 0 aromatic carbocycles. The monoisotopic (exact) mass is 296 g/mol. The van der Waals surface area contributed by atoms with Crippen LogP contribution < -0.4 is 16.6 Å². The maximum atomic E-state index is 11.8. The van der Waals surface area contributed by atoms with Crippen molar-refractivity contribution in [2.45, 2.75) is 32.9 Å². The van der Waals surface area contributed by atoms with Crippen molar-refractivity contribution in [3.63, 3.8) is 0 Å². The third-order valence-corrected chi connectivity index (χ3v) is 4.67. The molecule has 0 saturated carbocycles. The summed E-state index contributed by atoms with van der Waals surface area (Å²) in [5, 5.41) is 2.89. The van der Waals surface area contributed by atoms with Gasteiger partial charge in [0.25, 0.3) is 5.91 Å². The molecule has 0 aliphatic carbocycles. The van der Waals surface area contributed by atoms with E-state index in [0.717, 1.165) is 23.4 Å². The number of nitrogens with one attached hydrogen (secondary N) is 2. The van der Waals surface area contributed by atoms with Gasteiger partial charge < -0.3 is 5.32 Å². The van der Waals surface area contributed by atoms with Crippen molar-refractivity contribution in [1.82, 2.24) is 15.6 Å². The predicted octanol–water partition coefficient (Wildman–Crippen LogP) is 0.370. The lowest BCUT2D eigenvalue weighted by Crippen LogP contribution is -2.54. The molecule has 1 aromatic rings. The van der Waals surface area contributed by atoms with Crippen LogP contribution in [0.2, 0.25) is 0 Å². The van der Waals surface area contributed by atoms with Gasteiger partial charge in [0.15, 0.2) is 0 Å². The van der Waals surface area contributed by atoms with Gasteiger partial charge in [-0.05, 0) is 25.0 Å². The first-order chi connectivity index (χ1) is 9.56. The Bertz CT molecular complexity index is 514. The Balaban J connectivity index is 2.14. The van der Waals surface area contributed by atoms with E-state index in [1.54, 1.807) is 0 Å². The normalized spacial score (nSPS) is 19.8. The van der Waals surface area contributed by atoms with E-state index >= 15 is 0 Å². The summed E-state index contributed by atoms with van der Waals surface area (Å²) in [6.07, 6.45) is 0.783. The summed E-state index contributed by atoms with van der Waals surface area (Å²) < 4.78 is 0. The highest BCUT2D eigenvalue weighted by atomic mass is 32.1. The van der Waals surface area contributed by atoms with E-state index in [4.69, 9.17) is 5.84 Å². The van der Waals surface area contributed by atoms with Gasteiger partial charge in [-0.1, -0.05) is 6.92 Å². The number of nitrogens with zero attached hydrogens (tertiary/aromatic N) is 1. The number of piperazine rings is 1. The van der Waals surface area contributed by atoms with Crippen LogP contribution in [0.5, 0.6) is 0 Å². The number of hydrazine groups is 1. The quantitative estimate of drug-likeness (QED) is 0.425. The van der Waals surface area contributed by atoms with Gasteiger partial charge in [0, 0.05) is 24.5 Å². The molecule has 1 aliphatic rings. The van der Waals surface area contributed by atoms with Crippen LogP contribution in [0.25, 0.3) is 0 Å². The number of amides is 2. The van der Waals surface area contributed by atoms with Crippen molar-refractivity contribution in [2.24, 2.45) is 5.84 Å². The first kappa shape index (κ1) is 15.0. The van der Waals surface area contributed by atoms with Crippen molar-refractivity contribution < 1.29 is 9.59 Å². The van der Waals surface area contributed by atoms with Crippen molar-refractivity contribution in [3.8, 4) is 0 Å². The molecule has 1 aliphatic heterocycles. The van der Waals surface area contributed by atoms with Crippen LogP contribution in [-0.2, 0) is 11.3 Å². The fraction of sp³-hybridized carbons (Fsp3) is 0.538. The van der Waals surface area contributed by atoms with Crippen LogP contribution in [0.4, 0.5) is 0 Å². The lowest BCUT2D eigenvalue weighted by Gasteiger charge is -2.34. The first-order valence-electron chi connectivity index (χ1n) is 6.68. The minimum absolute atomic E-state index is 0.0881. The number of aryl methyl sites for hydroxylation is 1. The Morgan fingerprint density at radius 3 is 3.05 bits per heavy atom. The number of thiophene rings is 1. The zero-order chi connectivity index (χ0) is 14.7. The average molecular weight is 296 g/mol. The third-order valence-electron chi connectivity index (χ3n) is 3.58. The topological polar surface area (TPSA) is 87.5 Å². The summed E-state index contributed by atoms with van der Waals surface area (Å²) in [7, 11) is 0. The number of nitrogens with two attached hydrogens (primary N) is 1. The summed E-state index contributed by atoms with van der Waals surface area (Å²) in [5.41, 5.74) is 3.23. The summed E-state index contributed by atoms with van der Waals surface area (Å²) in [5.74, 6) is 4.97. The molecule has 1 aromatic heterocycles. The van der Waals surface area contributed by atoms with Crippen molar-refractivity contribution in [2.75, 3.05) is 13.1 Å². The van der Waals surface area contributed by atoms with Crippen LogP contribution in [0.3, 0.4) is 0 Å². The number of nitrogen functional groups attached to an aromatic ring is 1. The van der Waals surface area contributed by atoms with Crippen molar-refractivity contribution in [3.05, 3.63) is 21.4 Å². The van der Waals surface area contributed by atoms with Gasteiger partial charge in [0.2, 0.25) is 5.91 Å². The minimum atomic E-state index is -0.271. The molecule has 1 fully saturated rings. The van der Waals surface area contributed by atoms with Crippen LogP contribution in [0, 0.1) is 6.92 Å². The van der Waals surface area contributed by atoms with Gasteiger partial charge in [0.1, 0.15) is 0 Å². The van der Waals surface area contributed by atoms with Crippen molar-refractivity contribution in [1.29, 1.82) is 0 Å². The molecule has 2 heterocycles. The average Bonchev–Trinajstić information content (AvgIpc) is 2.79. The van der Waals surface area contributed by atoms with E-state index in [9.17, 15) is 9.59 Å². The Kier molecular flexibility index (Phi) is 4.74. The van der Waals surface area contributed by atoms with Crippen molar-refractivity contribution >= 4 is 23.2 Å². The maximum Gasteiger partial charge on any atom is 0.275 e. The van der Waals surface area contributed by atoms with E-state index in [-0.39, 0.29) is 17.9 Å². The summed E-state index contributed by atoms with van der Waals surface area (Å²) in [6.45, 7) is 6.19. The Labute approximate surface area is 122 Å². The van der Waals surface area contributed by atoms with E-state index in [1.165, 1.54) is 11.3 Å². The number of carbonyl (C=O) groups excluding carboxylic acids is 2. The minimum Gasteiger partial charge on any atom is -0.353 e. The second kappa shape index (κ2) is 6.34. The standard InChI is InChI=1S/C13H20N4O2S/c1-3-10-12(18)15-4-5-17(10)7-9-6-11(13(19)16-14)20-8(9)2/h6,10H,3-5,7,14H2,1-2H3,(H,15,18)(H,16,19). The Morgan fingerprint density at radius 2 is 2.40 bits per heavy atom. The molecule has 1 saturated heterocycles. The maximum absolute atomic E-state index is 11.8. The number of hydrogen-bond acceptors (Lipinski definition) is 5. The molecule has 7 heteroatoms. The third kappa shape index (κ3) is 3.00. The summed E-state index contributed by atoms with van der Waals surface area (Å²) in [4.78, 5) is 27.2. The van der Waals surface area contributed by atoms with Gasteiger partial charge in [-0.25, -0.2) is 5.84 Å². The van der Waals surface area contributed by atoms with Crippen LogP contribution in [-0.4, -0.2) is 35.8 Å². The molecule has 1 atom stereocenters. The molecule has 6 nitrogen and oxygen atoms in total. The lowest BCUT2D eigenvalue weighted by molar-refractivity contribution is -0.129. The summed E-state index contributed by atoms with van der Waals surface area (Å²) >= 11 is 1.43. The molecule has 20 heavy (non-hydrogen) atoms. The zero-order valence-corrected chi connectivity index (χ0v) is 12.5. The van der Waals surface area contributed by atoms with E-state index in [0.29, 0.717) is 18.0 Å². The highest BCUT2D eigenvalue weighted by Crippen LogP contribution is 2.24. The highest BCUT2D eigenvalue weighted by molar-refractivity contribution is 7.14. The molecule has 1 unspecified atom stereocenters. The molecule has 4 N–H and O–H groups in total. The van der Waals surface area contributed by atoms with Gasteiger partial charge >= 0.3 is 0 Å². The smallest absolute Gasteiger partial charge is 0.275 e. The number of carbonyl (C=O) groups is 2. The van der Waals surface area contributed by atoms with Gasteiger partial charge in [-0.3, -0.25) is 19.9 Å². The predicted molar refractivity (Wildman–Crippen MR) is 78.2 cm³/mol. The van der Waals surface area contributed by atoms with Gasteiger partial charge in [0.05, 0.1) is 10.9 Å². The number of rotatable bonds is 4. The second-order valence-corrected chi connectivity index (χ2v) is 6.11. The zero-order valence-electron chi connectivity index (χ0n) is 11.7. The van der Waals surface area contributed by atoms with Gasteiger partial charge in [-0.15, -0.1) is 11.3 Å². The first-order valence-corrected chi connectivity index (χ1v) is 7.50.